The fourth-order valence-electron chi connectivity index (χ4n) is 2.17. The Labute approximate surface area is 144 Å². The highest BCUT2D eigenvalue weighted by molar-refractivity contribution is 5.95. The first-order valence-electron chi connectivity index (χ1n) is 7.72. The zero-order valence-electron chi connectivity index (χ0n) is 13.3. The molecule has 1 heterocycles. The third-order valence-corrected chi connectivity index (χ3v) is 3.79. The minimum atomic E-state index is -1.21. The van der Waals surface area contributed by atoms with Crippen LogP contribution in [0.15, 0.2) is 60.7 Å². The maximum absolute atomic E-state index is 12.2. The van der Waals surface area contributed by atoms with E-state index in [0.29, 0.717) is 11.1 Å². The highest BCUT2D eigenvalue weighted by atomic mass is 16.6. The molecule has 1 unspecified atom stereocenters. The minimum Gasteiger partial charge on any atom is -0.458 e. The summed E-state index contributed by atoms with van der Waals surface area (Å²) in [5.74, 6) is -1.56. The van der Waals surface area contributed by atoms with E-state index in [-0.39, 0.29) is 13.2 Å². The lowest BCUT2D eigenvalue weighted by molar-refractivity contribution is -0.128. The molecule has 0 spiro atoms. The van der Waals surface area contributed by atoms with E-state index in [1.165, 1.54) is 0 Å². The van der Waals surface area contributed by atoms with Crippen LogP contribution in [-0.2, 0) is 19.0 Å². The summed E-state index contributed by atoms with van der Waals surface area (Å²) in [6.07, 6.45) is 0. The van der Waals surface area contributed by atoms with E-state index in [4.69, 9.17) is 14.2 Å². The average molecular weight is 340 g/mol. The van der Waals surface area contributed by atoms with Crippen molar-refractivity contribution in [1.82, 2.24) is 0 Å². The van der Waals surface area contributed by atoms with E-state index in [9.17, 15) is 14.4 Å². The van der Waals surface area contributed by atoms with Gasteiger partial charge < -0.3 is 14.2 Å². The number of benzene rings is 2. The molecule has 1 atom stereocenters. The van der Waals surface area contributed by atoms with Crippen LogP contribution in [0.3, 0.4) is 0 Å². The molecule has 1 fully saturated rings. The van der Waals surface area contributed by atoms with Crippen LogP contribution in [0.25, 0.3) is 0 Å². The van der Waals surface area contributed by atoms with Gasteiger partial charge >= 0.3 is 11.9 Å². The Morgan fingerprint density at radius 1 is 0.840 bits per heavy atom. The number of carbonyl (C=O) groups excluding carboxylic acids is 3. The number of epoxide rings is 1. The fourth-order valence-corrected chi connectivity index (χ4v) is 2.17. The maximum Gasteiger partial charge on any atom is 0.338 e. The van der Waals surface area contributed by atoms with Crippen LogP contribution in [0.1, 0.15) is 20.7 Å². The van der Waals surface area contributed by atoms with E-state index in [2.05, 4.69) is 0 Å². The molecule has 1 saturated heterocycles. The second-order valence-electron chi connectivity index (χ2n) is 5.59. The van der Waals surface area contributed by atoms with Crippen LogP contribution in [0.5, 0.6) is 0 Å². The van der Waals surface area contributed by atoms with Gasteiger partial charge in [-0.25, -0.2) is 9.59 Å². The monoisotopic (exact) mass is 340 g/mol. The van der Waals surface area contributed by atoms with Gasteiger partial charge in [0.05, 0.1) is 17.7 Å². The number of carbonyl (C=O) groups is 3. The van der Waals surface area contributed by atoms with Gasteiger partial charge in [0, 0.05) is 0 Å². The van der Waals surface area contributed by atoms with Crippen LogP contribution < -0.4 is 0 Å². The van der Waals surface area contributed by atoms with E-state index < -0.39 is 29.9 Å². The third-order valence-electron chi connectivity index (χ3n) is 3.79. The van der Waals surface area contributed by atoms with Gasteiger partial charge in [-0.3, -0.25) is 4.79 Å². The first-order valence-corrected chi connectivity index (χ1v) is 7.72. The predicted molar refractivity (Wildman–Crippen MR) is 87.1 cm³/mol. The first kappa shape index (κ1) is 16.9. The first-order chi connectivity index (χ1) is 12.1. The van der Waals surface area contributed by atoms with Crippen LogP contribution in [0.4, 0.5) is 0 Å². The number of esters is 2. The second kappa shape index (κ2) is 7.27. The molecule has 0 bridgehead atoms. The van der Waals surface area contributed by atoms with Gasteiger partial charge in [-0.2, -0.15) is 0 Å². The van der Waals surface area contributed by atoms with Gasteiger partial charge in [0.1, 0.15) is 6.61 Å². The van der Waals surface area contributed by atoms with E-state index in [1.54, 1.807) is 60.7 Å². The van der Waals surface area contributed by atoms with Crippen molar-refractivity contribution in [3.05, 3.63) is 71.8 Å². The Bertz CT molecular complexity index is 765. The molecule has 1 aliphatic rings. The van der Waals surface area contributed by atoms with Gasteiger partial charge in [0.15, 0.2) is 12.2 Å². The molecule has 2 aromatic carbocycles. The van der Waals surface area contributed by atoms with Gasteiger partial charge in [0.2, 0.25) is 5.78 Å². The molecule has 6 heteroatoms. The second-order valence-corrected chi connectivity index (χ2v) is 5.59. The number of ketones is 1. The molecule has 128 valence electrons. The average Bonchev–Trinajstić information content (AvgIpc) is 3.46. The van der Waals surface area contributed by atoms with E-state index >= 15 is 0 Å². The Balaban J connectivity index is 1.50. The molecule has 0 saturated carbocycles. The lowest BCUT2D eigenvalue weighted by atomic mass is 10.1. The molecule has 3 rings (SSSR count). The van der Waals surface area contributed by atoms with E-state index in [0.717, 1.165) is 0 Å². The number of hydrogen-bond donors (Lipinski definition) is 0. The SMILES string of the molecule is O=C(OCC(=O)C1(COC(=O)c2ccccc2)CO1)c1ccccc1. The molecular formula is C19H16O6. The van der Waals surface area contributed by atoms with Crippen molar-refractivity contribution < 1.29 is 28.6 Å². The summed E-state index contributed by atoms with van der Waals surface area (Å²) in [6, 6.07) is 16.8. The van der Waals surface area contributed by atoms with Gasteiger partial charge in [-0.15, -0.1) is 0 Å². The van der Waals surface area contributed by atoms with Crippen molar-refractivity contribution in [2.24, 2.45) is 0 Å². The highest BCUT2D eigenvalue weighted by Gasteiger charge is 2.53. The van der Waals surface area contributed by atoms with Gasteiger partial charge in [0.25, 0.3) is 0 Å². The van der Waals surface area contributed by atoms with Crippen molar-refractivity contribution in [1.29, 1.82) is 0 Å². The lowest BCUT2D eigenvalue weighted by Crippen LogP contribution is -2.35. The molecule has 1 aliphatic heterocycles. The summed E-state index contributed by atoms with van der Waals surface area (Å²) < 4.78 is 15.3. The number of ether oxygens (including phenoxy) is 3. The van der Waals surface area contributed by atoms with Crippen molar-refractivity contribution in [3.63, 3.8) is 0 Å². The molecular weight excluding hydrogens is 324 g/mol. The topological polar surface area (TPSA) is 82.2 Å². The summed E-state index contributed by atoms with van der Waals surface area (Å²) >= 11 is 0. The van der Waals surface area contributed by atoms with Crippen molar-refractivity contribution in [2.45, 2.75) is 5.60 Å². The predicted octanol–water partition coefficient (Wildman–Crippen LogP) is 2.04. The van der Waals surface area contributed by atoms with Crippen molar-refractivity contribution >= 4 is 17.7 Å². The molecule has 0 amide bonds. The molecule has 0 N–H and O–H groups in total. The zero-order valence-corrected chi connectivity index (χ0v) is 13.3. The van der Waals surface area contributed by atoms with Gasteiger partial charge in [-0.05, 0) is 24.3 Å². The van der Waals surface area contributed by atoms with Crippen LogP contribution in [0.2, 0.25) is 0 Å². The summed E-state index contributed by atoms with van der Waals surface area (Å²) in [6.45, 7) is -0.504. The Kier molecular flexibility index (Phi) is 4.90. The summed E-state index contributed by atoms with van der Waals surface area (Å²) in [5, 5.41) is 0. The van der Waals surface area contributed by atoms with Gasteiger partial charge in [-0.1, -0.05) is 36.4 Å². The third kappa shape index (κ3) is 4.10. The largest absolute Gasteiger partial charge is 0.458 e. The Morgan fingerprint density at radius 3 is 1.80 bits per heavy atom. The zero-order chi connectivity index (χ0) is 17.7. The molecule has 0 aromatic heterocycles. The molecule has 25 heavy (non-hydrogen) atoms. The smallest absolute Gasteiger partial charge is 0.338 e. The highest BCUT2D eigenvalue weighted by Crippen LogP contribution is 2.29. The lowest BCUT2D eigenvalue weighted by Gasteiger charge is -2.12. The van der Waals surface area contributed by atoms with Crippen LogP contribution >= 0.6 is 0 Å². The van der Waals surface area contributed by atoms with Crippen molar-refractivity contribution in [2.75, 3.05) is 19.8 Å². The van der Waals surface area contributed by atoms with E-state index in [1.807, 2.05) is 0 Å². The molecule has 2 aromatic rings. The molecule has 6 nitrogen and oxygen atoms in total. The molecule has 0 radical (unpaired) electrons. The Hall–Kier alpha value is -2.99. The van der Waals surface area contributed by atoms with Crippen LogP contribution in [-0.4, -0.2) is 43.1 Å². The number of Topliss-reactive ketones (excluding diaryl/α,β-unsaturated/α-hetero) is 1. The summed E-state index contributed by atoms with van der Waals surface area (Å²) in [5.41, 5.74) is -0.459. The quantitative estimate of drug-likeness (QED) is 0.567. The fraction of sp³-hybridized carbons (Fsp3) is 0.211. The summed E-state index contributed by atoms with van der Waals surface area (Å²) in [4.78, 5) is 36.0. The standard InChI is InChI=1S/C19H16O6/c20-16(11-23-17(21)14-7-3-1-4-8-14)19(13-25-19)12-24-18(22)15-9-5-2-6-10-15/h1-10H,11-13H2. The maximum atomic E-state index is 12.2. The summed E-state index contributed by atoms with van der Waals surface area (Å²) in [7, 11) is 0. The Morgan fingerprint density at radius 2 is 1.32 bits per heavy atom. The normalized spacial score (nSPS) is 18.2. The molecule has 0 aliphatic carbocycles. The number of hydrogen-bond acceptors (Lipinski definition) is 6. The van der Waals surface area contributed by atoms with Crippen LogP contribution in [0, 0.1) is 0 Å². The minimum absolute atomic E-state index is 0.136. The number of rotatable bonds is 7. The van der Waals surface area contributed by atoms with Crippen molar-refractivity contribution in [3.8, 4) is 0 Å².